The minimum absolute atomic E-state index is 0.0684. The van der Waals surface area contributed by atoms with E-state index < -0.39 is 0 Å². The molecule has 0 unspecified atom stereocenters. The number of hydrogen-bond acceptors (Lipinski definition) is 4. The molecule has 0 aliphatic carbocycles. The van der Waals surface area contributed by atoms with Crippen molar-refractivity contribution in [3.05, 3.63) is 53.6 Å². The van der Waals surface area contributed by atoms with Crippen LogP contribution in [0, 0.1) is 0 Å². The lowest BCUT2D eigenvalue weighted by molar-refractivity contribution is 0.103. The lowest BCUT2D eigenvalue weighted by Crippen LogP contribution is -2.24. The van der Waals surface area contributed by atoms with E-state index in [1.807, 2.05) is 26.0 Å². The summed E-state index contributed by atoms with van der Waals surface area (Å²) in [5.74, 6) is -0.537. The third-order valence-electron chi connectivity index (χ3n) is 3.48. The summed E-state index contributed by atoms with van der Waals surface area (Å²) in [6.45, 7) is 5.65. The normalized spacial score (nSPS) is 10.4. The number of nitrogens with zero attached hydrogens (tertiary/aromatic N) is 1. The average Bonchev–Trinajstić information content (AvgIpc) is 2.48. The van der Waals surface area contributed by atoms with E-state index in [9.17, 15) is 15.0 Å². The second-order valence-electron chi connectivity index (χ2n) is 4.72. The van der Waals surface area contributed by atoms with Gasteiger partial charge in [0.2, 0.25) is 0 Å². The van der Waals surface area contributed by atoms with Crippen LogP contribution >= 0.6 is 0 Å². The van der Waals surface area contributed by atoms with E-state index in [1.165, 1.54) is 18.2 Å². The number of hydrogen-bond donors (Lipinski definition) is 2. The summed E-state index contributed by atoms with van der Waals surface area (Å²) in [7, 11) is 0. The van der Waals surface area contributed by atoms with Gasteiger partial charge in [-0.15, -0.1) is 0 Å². The zero-order valence-corrected chi connectivity index (χ0v) is 12.2. The quantitative estimate of drug-likeness (QED) is 0.828. The molecule has 2 aromatic carbocycles. The number of phenolic OH excluding ortho intramolecular Hbond substituents is 2. The van der Waals surface area contributed by atoms with Crippen molar-refractivity contribution in [1.29, 1.82) is 0 Å². The lowest BCUT2D eigenvalue weighted by atomic mass is 10.00. The van der Waals surface area contributed by atoms with Crippen molar-refractivity contribution in [2.24, 2.45) is 0 Å². The van der Waals surface area contributed by atoms with E-state index >= 15 is 0 Å². The monoisotopic (exact) mass is 285 g/mol. The van der Waals surface area contributed by atoms with Gasteiger partial charge in [0.15, 0.2) is 5.78 Å². The van der Waals surface area contributed by atoms with Gasteiger partial charge in [-0.2, -0.15) is 0 Å². The summed E-state index contributed by atoms with van der Waals surface area (Å²) >= 11 is 0. The molecular weight excluding hydrogens is 266 g/mol. The number of aromatic hydroxyl groups is 2. The molecule has 4 heteroatoms. The molecule has 0 radical (unpaired) electrons. The largest absolute Gasteiger partial charge is 0.508 e. The first-order valence-corrected chi connectivity index (χ1v) is 6.99. The Kier molecular flexibility index (Phi) is 4.48. The molecule has 2 aromatic rings. The van der Waals surface area contributed by atoms with Gasteiger partial charge in [-0.05, 0) is 38.1 Å². The van der Waals surface area contributed by atoms with Crippen LogP contribution in [-0.2, 0) is 0 Å². The van der Waals surface area contributed by atoms with Crippen LogP contribution in [0.5, 0.6) is 11.5 Å². The van der Waals surface area contributed by atoms with Crippen LogP contribution in [-0.4, -0.2) is 29.1 Å². The third kappa shape index (κ3) is 2.99. The standard InChI is InChI=1S/C17H19NO3/c1-3-18(4-2)15-8-6-5-7-13(15)17(21)14-10-9-12(19)11-16(14)20/h5-11,19-20H,3-4H2,1-2H3. The average molecular weight is 285 g/mol. The number of carbonyl (C=O) groups is 1. The van der Waals surface area contributed by atoms with Crippen LogP contribution < -0.4 is 4.90 Å². The number of anilines is 1. The molecule has 0 amide bonds. The van der Waals surface area contributed by atoms with E-state index in [1.54, 1.807) is 12.1 Å². The number of phenols is 2. The van der Waals surface area contributed by atoms with Gasteiger partial charge in [-0.25, -0.2) is 0 Å². The molecule has 21 heavy (non-hydrogen) atoms. The first-order valence-electron chi connectivity index (χ1n) is 6.99. The highest BCUT2D eigenvalue weighted by Crippen LogP contribution is 2.28. The van der Waals surface area contributed by atoms with Gasteiger partial charge in [0.25, 0.3) is 0 Å². The highest BCUT2D eigenvalue weighted by Gasteiger charge is 2.19. The molecule has 0 spiro atoms. The third-order valence-corrected chi connectivity index (χ3v) is 3.48. The van der Waals surface area contributed by atoms with Gasteiger partial charge in [0, 0.05) is 30.4 Å². The van der Waals surface area contributed by atoms with E-state index in [0.29, 0.717) is 5.56 Å². The summed E-state index contributed by atoms with van der Waals surface area (Å²) in [5, 5.41) is 19.2. The van der Waals surface area contributed by atoms with Crippen molar-refractivity contribution in [1.82, 2.24) is 0 Å². The minimum Gasteiger partial charge on any atom is -0.508 e. The van der Waals surface area contributed by atoms with Crippen LogP contribution in [0.25, 0.3) is 0 Å². The Labute approximate surface area is 124 Å². The predicted molar refractivity (Wildman–Crippen MR) is 83.2 cm³/mol. The fourth-order valence-corrected chi connectivity index (χ4v) is 2.36. The van der Waals surface area contributed by atoms with Gasteiger partial charge >= 0.3 is 0 Å². The van der Waals surface area contributed by atoms with Crippen molar-refractivity contribution < 1.29 is 15.0 Å². The Balaban J connectivity index is 2.48. The van der Waals surface area contributed by atoms with Crippen LogP contribution in [0.4, 0.5) is 5.69 Å². The molecule has 0 aliphatic heterocycles. The van der Waals surface area contributed by atoms with Crippen molar-refractivity contribution >= 4 is 11.5 Å². The first-order chi connectivity index (χ1) is 10.1. The molecule has 2 rings (SSSR count). The molecule has 110 valence electrons. The number of para-hydroxylation sites is 1. The topological polar surface area (TPSA) is 60.8 Å². The molecule has 0 aliphatic rings. The van der Waals surface area contributed by atoms with Gasteiger partial charge < -0.3 is 15.1 Å². The maximum atomic E-state index is 12.7. The molecule has 2 N–H and O–H groups in total. The highest BCUT2D eigenvalue weighted by atomic mass is 16.3. The number of rotatable bonds is 5. The molecule has 0 aromatic heterocycles. The van der Waals surface area contributed by atoms with Crippen LogP contribution in [0.3, 0.4) is 0 Å². The first kappa shape index (κ1) is 14.9. The fraction of sp³-hybridized carbons (Fsp3) is 0.235. The molecule has 4 nitrogen and oxygen atoms in total. The van der Waals surface area contributed by atoms with E-state index in [4.69, 9.17) is 0 Å². The Morgan fingerprint density at radius 3 is 2.29 bits per heavy atom. The molecule has 0 bridgehead atoms. The molecular formula is C17H19NO3. The number of benzene rings is 2. The molecule has 0 saturated carbocycles. The van der Waals surface area contributed by atoms with E-state index in [-0.39, 0.29) is 22.8 Å². The van der Waals surface area contributed by atoms with Crippen molar-refractivity contribution in [3.63, 3.8) is 0 Å². The Hall–Kier alpha value is -2.49. The molecule has 0 saturated heterocycles. The Bertz CT molecular complexity index is 648. The van der Waals surface area contributed by atoms with Crippen molar-refractivity contribution in [2.45, 2.75) is 13.8 Å². The summed E-state index contributed by atoms with van der Waals surface area (Å²) in [6.07, 6.45) is 0. The van der Waals surface area contributed by atoms with Gasteiger partial charge in [0.1, 0.15) is 11.5 Å². The summed E-state index contributed by atoms with van der Waals surface area (Å²) in [6, 6.07) is 11.4. The lowest BCUT2D eigenvalue weighted by Gasteiger charge is -2.23. The minimum atomic E-state index is -0.255. The number of carbonyl (C=O) groups excluding carboxylic acids is 1. The summed E-state index contributed by atoms with van der Waals surface area (Å²) in [4.78, 5) is 14.8. The van der Waals surface area contributed by atoms with Gasteiger partial charge in [-0.1, -0.05) is 12.1 Å². The SMILES string of the molecule is CCN(CC)c1ccccc1C(=O)c1ccc(O)cc1O. The summed E-state index contributed by atoms with van der Waals surface area (Å²) < 4.78 is 0. The van der Waals surface area contributed by atoms with Crippen LogP contribution in [0.1, 0.15) is 29.8 Å². The van der Waals surface area contributed by atoms with Crippen LogP contribution in [0.2, 0.25) is 0 Å². The summed E-state index contributed by atoms with van der Waals surface area (Å²) in [5.41, 5.74) is 1.58. The second-order valence-corrected chi connectivity index (χ2v) is 4.72. The van der Waals surface area contributed by atoms with Crippen molar-refractivity contribution in [3.8, 4) is 11.5 Å². The van der Waals surface area contributed by atoms with E-state index in [2.05, 4.69) is 4.90 Å². The fourth-order valence-electron chi connectivity index (χ4n) is 2.36. The highest BCUT2D eigenvalue weighted by molar-refractivity contribution is 6.13. The molecule has 0 atom stereocenters. The van der Waals surface area contributed by atoms with E-state index in [0.717, 1.165) is 18.8 Å². The second kappa shape index (κ2) is 6.31. The Morgan fingerprint density at radius 1 is 1.00 bits per heavy atom. The maximum absolute atomic E-state index is 12.7. The molecule has 0 heterocycles. The van der Waals surface area contributed by atoms with Crippen molar-refractivity contribution in [2.75, 3.05) is 18.0 Å². The molecule has 0 fully saturated rings. The zero-order valence-electron chi connectivity index (χ0n) is 12.2. The maximum Gasteiger partial charge on any atom is 0.198 e. The van der Waals surface area contributed by atoms with Gasteiger partial charge in [-0.3, -0.25) is 4.79 Å². The predicted octanol–water partition coefficient (Wildman–Crippen LogP) is 3.18. The number of ketones is 1. The Morgan fingerprint density at radius 2 is 1.67 bits per heavy atom. The van der Waals surface area contributed by atoms with Crippen LogP contribution in [0.15, 0.2) is 42.5 Å². The van der Waals surface area contributed by atoms with Gasteiger partial charge in [0.05, 0.1) is 5.56 Å². The zero-order chi connectivity index (χ0) is 15.4. The smallest absolute Gasteiger partial charge is 0.198 e.